The van der Waals surface area contributed by atoms with Gasteiger partial charge < -0.3 is 42.1 Å². The minimum absolute atomic E-state index is 0.00615. The number of aliphatic carboxylic acids is 4. The van der Waals surface area contributed by atoms with Crippen LogP contribution in [0.3, 0.4) is 0 Å². The van der Waals surface area contributed by atoms with Crippen molar-refractivity contribution in [3.8, 4) is 0 Å². The Labute approximate surface area is 284 Å². The van der Waals surface area contributed by atoms with Gasteiger partial charge in [0.05, 0.1) is 11.6 Å². The lowest BCUT2D eigenvalue weighted by Gasteiger charge is -2.18. The maximum Gasteiger partial charge on any atom is 0.326 e. The number of ketones is 1. The molecule has 3 amide bonds. The van der Waals surface area contributed by atoms with E-state index in [1.165, 1.54) is 6.54 Å². The second kappa shape index (κ2) is 24.5. The molecule has 0 saturated heterocycles. The lowest BCUT2D eigenvalue weighted by Crippen LogP contribution is -2.51. The number of urea groups is 1. The van der Waals surface area contributed by atoms with Gasteiger partial charge >= 0.3 is 29.9 Å². The van der Waals surface area contributed by atoms with E-state index in [4.69, 9.17) is 15.9 Å². The van der Waals surface area contributed by atoms with Crippen LogP contribution in [0.1, 0.15) is 102 Å². The molecule has 0 saturated carbocycles. The number of hydrogen-bond donors (Lipinski definition) is 8. The van der Waals surface area contributed by atoms with Gasteiger partial charge in [0.15, 0.2) is 0 Å². The Bertz CT molecular complexity index is 1220. The van der Waals surface area contributed by atoms with Crippen LogP contribution < -0.4 is 21.7 Å². The van der Waals surface area contributed by atoms with Crippen LogP contribution >= 0.6 is 0 Å². The molecular weight excluding hydrogens is 646 g/mol. The number of carbonyl (C=O) groups excluding carboxylic acids is 3. The van der Waals surface area contributed by atoms with Crippen LogP contribution in [0.4, 0.5) is 4.79 Å². The quantitative estimate of drug-likeness (QED) is 0.0551. The summed E-state index contributed by atoms with van der Waals surface area (Å²) in [5, 5.41) is 51.7. The fourth-order valence-electron chi connectivity index (χ4n) is 4.91. The summed E-state index contributed by atoms with van der Waals surface area (Å²) >= 11 is 0. The van der Waals surface area contributed by atoms with Gasteiger partial charge in [-0.05, 0) is 51.4 Å². The molecule has 1 heterocycles. The van der Waals surface area contributed by atoms with Gasteiger partial charge in [0.25, 0.3) is 0 Å². The van der Waals surface area contributed by atoms with Crippen molar-refractivity contribution in [3.63, 3.8) is 0 Å². The van der Waals surface area contributed by atoms with E-state index in [9.17, 15) is 43.8 Å². The zero-order valence-electron chi connectivity index (χ0n) is 27.7. The van der Waals surface area contributed by atoms with Crippen LogP contribution in [0.2, 0.25) is 0 Å². The maximum atomic E-state index is 12.4. The third kappa shape index (κ3) is 20.4. The van der Waals surface area contributed by atoms with Crippen molar-refractivity contribution in [2.24, 2.45) is 11.7 Å². The number of carboxylic acids is 4. The minimum atomic E-state index is -1.49. The zero-order chi connectivity index (χ0) is 36.6. The number of aromatic nitrogens is 3. The number of carboxylic acid groups (broad SMARTS) is 4. The standard InChI is InChI=1S/C31H50N7O11/c32-16-15-22-20-38(37-36-22)18-8-6-9-21(28(43)44)19-23(39)10-3-1-2-4-12-26(40)33-17-7-5-11-24(29(45)46)34-31(49)35-25(30(47)48)13-14-27(41)42/h16,20-21,24-25H,1-15,17-19,32H2,(H,33,40)(H,41,42)(H,43,44)(H,45,46)(H,47,48)(H2,34,35,49). The van der Waals surface area contributed by atoms with E-state index in [-0.39, 0.29) is 43.8 Å². The molecular formula is C31H50N7O11. The monoisotopic (exact) mass is 696 g/mol. The number of nitrogens with one attached hydrogen (secondary N) is 3. The van der Waals surface area contributed by atoms with Crippen molar-refractivity contribution < 1.29 is 54.0 Å². The van der Waals surface area contributed by atoms with Crippen LogP contribution in [0, 0.1) is 12.5 Å². The highest BCUT2D eigenvalue weighted by molar-refractivity contribution is 5.86. The summed E-state index contributed by atoms with van der Waals surface area (Å²) in [6.07, 6.45) is 7.24. The van der Waals surface area contributed by atoms with Crippen molar-refractivity contribution in [2.45, 2.75) is 121 Å². The average Bonchev–Trinajstić information content (AvgIpc) is 3.48. The first kappa shape index (κ1) is 42.4. The zero-order valence-corrected chi connectivity index (χ0v) is 27.7. The Kier molecular flexibility index (Phi) is 21.2. The summed E-state index contributed by atoms with van der Waals surface area (Å²) in [6.45, 7) is 2.39. The molecule has 275 valence electrons. The summed E-state index contributed by atoms with van der Waals surface area (Å²) in [7, 11) is 0. The lowest BCUT2D eigenvalue weighted by atomic mass is 9.94. The molecule has 0 spiro atoms. The predicted octanol–water partition coefficient (Wildman–Crippen LogP) is 1.47. The van der Waals surface area contributed by atoms with Gasteiger partial charge in [-0.25, -0.2) is 14.4 Å². The van der Waals surface area contributed by atoms with Gasteiger partial charge in [-0.3, -0.25) is 23.9 Å². The number of carbonyl (C=O) groups is 7. The van der Waals surface area contributed by atoms with Crippen molar-refractivity contribution in [1.29, 1.82) is 0 Å². The first-order valence-electron chi connectivity index (χ1n) is 16.5. The highest BCUT2D eigenvalue weighted by Gasteiger charge is 2.25. The number of hydrogen-bond acceptors (Lipinski definition) is 10. The van der Waals surface area contributed by atoms with E-state index >= 15 is 0 Å². The molecule has 0 aliphatic heterocycles. The number of unbranched alkanes of at least 4 members (excludes halogenated alkanes) is 5. The van der Waals surface area contributed by atoms with E-state index in [0.29, 0.717) is 64.5 Å². The maximum absolute atomic E-state index is 12.4. The SMILES string of the molecule is N[CH]Cc1cn(CCCCC(CC(=O)CCCCCCC(=O)NCCCCC(NC(=O)NC(CCC(=O)O)C(=O)O)C(=O)O)C(=O)O)nn1. The molecule has 18 nitrogen and oxygen atoms in total. The number of aryl methyl sites for hydroxylation is 1. The number of nitrogens with two attached hydrogens (primary N) is 1. The van der Waals surface area contributed by atoms with Gasteiger partial charge in [-0.2, -0.15) is 0 Å². The third-order valence-corrected chi connectivity index (χ3v) is 7.63. The fraction of sp³-hybridized carbons (Fsp3) is 0.677. The van der Waals surface area contributed by atoms with Crippen molar-refractivity contribution in [1.82, 2.24) is 30.9 Å². The Morgan fingerprint density at radius 1 is 0.755 bits per heavy atom. The molecule has 0 aliphatic carbocycles. The van der Waals surface area contributed by atoms with E-state index in [1.54, 1.807) is 10.9 Å². The van der Waals surface area contributed by atoms with Crippen LogP contribution in [0.5, 0.6) is 0 Å². The molecule has 0 fully saturated rings. The van der Waals surface area contributed by atoms with Crippen LogP contribution in [-0.4, -0.2) is 95.6 Å². The van der Waals surface area contributed by atoms with Crippen molar-refractivity contribution in [2.75, 3.05) is 6.54 Å². The summed E-state index contributed by atoms with van der Waals surface area (Å²) in [5.74, 6) is -5.99. The van der Waals surface area contributed by atoms with E-state index in [2.05, 4.69) is 26.3 Å². The minimum Gasteiger partial charge on any atom is -0.481 e. The molecule has 1 aromatic rings. The molecule has 9 N–H and O–H groups in total. The Balaban J connectivity index is 2.17. The average molecular weight is 697 g/mol. The van der Waals surface area contributed by atoms with Gasteiger partial charge in [-0.1, -0.05) is 24.5 Å². The first-order chi connectivity index (χ1) is 23.3. The second-order valence-corrected chi connectivity index (χ2v) is 11.8. The second-order valence-electron chi connectivity index (χ2n) is 11.8. The normalized spacial score (nSPS) is 12.8. The van der Waals surface area contributed by atoms with Crippen LogP contribution in [-0.2, 0) is 41.7 Å². The van der Waals surface area contributed by atoms with Gasteiger partial charge in [0.2, 0.25) is 5.91 Å². The molecule has 0 bridgehead atoms. The van der Waals surface area contributed by atoms with Gasteiger partial charge in [0.1, 0.15) is 17.9 Å². The topological polar surface area (TPSA) is 293 Å². The summed E-state index contributed by atoms with van der Waals surface area (Å²) in [5.41, 5.74) is 6.14. The predicted molar refractivity (Wildman–Crippen MR) is 173 cm³/mol. The number of amides is 3. The van der Waals surface area contributed by atoms with Crippen LogP contribution in [0.15, 0.2) is 6.20 Å². The summed E-state index contributed by atoms with van der Waals surface area (Å²) in [6, 6.07) is -3.85. The molecule has 49 heavy (non-hydrogen) atoms. The highest BCUT2D eigenvalue weighted by atomic mass is 16.4. The van der Waals surface area contributed by atoms with E-state index in [0.717, 1.165) is 18.5 Å². The van der Waals surface area contributed by atoms with Crippen molar-refractivity contribution in [3.05, 3.63) is 18.4 Å². The molecule has 3 atom stereocenters. The third-order valence-electron chi connectivity index (χ3n) is 7.63. The van der Waals surface area contributed by atoms with Crippen LogP contribution in [0.25, 0.3) is 0 Å². The fourth-order valence-corrected chi connectivity index (χ4v) is 4.91. The Morgan fingerprint density at radius 3 is 2.00 bits per heavy atom. The van der Waals surface area contributed by atoms with Gasteiger partial charge in [0, 0.05) is 57.9 Å². The highest BCUT2D eigenvalue weighted by Crippen LogP contribution is 2.17. The molecule has 18 heteroatoms. The molecule has 1 radical (unpaired) electrons. The molecule has 0 aliphatic rings. The Hall–Kier alpha value is -4.61. The molecule has 3 unspecified atom stereocenters. The number of Topliss-reactive ketones (excluding diaryl/α,β-unsaturated/α-hetero) is 1. The largest absolute Gasteiger partial charge is 0.481 e. The first-order valence-corrected chi connectivity index (χ1v) is 16.5. The number of nitrogens with zero attached hydrogens (tertiary/aromatic N) is 3. The van der Waals surface area contributed by atoms with E-state index < -0.39 is 54.3 Å². The van der Waals surface area contributed by atoms with Crippen molar-refractivity contribution >= 4 is 41.6 Å². The number of rotatable bonds is 29. The summed E-state index contributed by atoms with van der Waals surface area (Å²) < 4.78 is 1.69. The Morgan fingerprint density at radius 2 is 1.39 bits per heavy atom. The lowest BCUT2D eigenvalue weighted by molar-refractivity contribution is -0.144. The summed E-state index contributed by atoms with van der Waals surface area (Å²) in [4.78, 5) is 81.5. The molecule has 1 aromatic heterocycles. The smallest absolute Gasteiger partial charge is 0.326 e. The molecule has 1 rings (SSSR count). The van der Waals surface area contributed by atoms with E-state index in [1.807, 2.05) is 0 Å². The van der Waals surface area contributed by atoms with Gasteiger partial charge in [-0.15, -0.1) is 5.10 Å². The molecule has 0 aromatic carbocycles.